The Morgan fingerprint density at radius 3 is 2.55 bits per heavy atom. The van der Waals surface area contributed by atoms with Crippen molar-refractivity contribution in [1.82, 2.24) is 5.32 Å². The maximum Gasteiger partial charge on any atom is 0.182 e. The minimum atomic E-state index is -1.11. The van der Waals surface area contributed by atoms with E-state index in [9.17, 15) is 13.2 Å². The first-order chi connectivity index (χ1) is 9.60. The molecule has 1 N–H and O–H groups in total. The predicted octanol–water partition coefficient (Wildman–Crippen LogP) is 3.22. The SMILES string of the molecule is Fc1cc(F)c(F)c(N2CCNC3(CCCCC3)C2)c1. The van der Waals surface area contributed by atoms with Gasteiger partial charge in [-0.05, 0) is 12.8 Å². The summed E-state index contributed by atoms with van der Waals surface area (Å²) in [6.45, 7) is 1.91. The normalized spacial score (nSPS) is 22.2. The molecule has 20 heavy (non-hydrogen) atoms. The first-order valence-electron chi connectivity index (χ1n) is 7.24. The molecule has 1 heterocycles. The Labute approximate surface area is 117 Å². The first kappa shape index (κ1) is 13.7. The topological polar surface area (TPSA) is 15.3 Å². The Bertz CT molecular complexity index is 493. The largest absolute Gasteiger partial charge is 0.366 e. The van der Waals surface area contributed by atoms with Gasteiger partial charge in [-0.3, -0.25) is 0 Å². The Morgan fingerprint density at radius 1 is 1.05 bits per heavy atom. The van der Waals surface area contributed by atoms with Gasteiger partial charge in [0.15, 0.2) is 11.6 Å². The van der Waals surface area contributed by atoms with E-state index >= 15 is 0 Å². The Kier molecular flexibility index (Phi) is 3.63. The summed E-state index contributed by atoms with van der Waals surface area (Å²) in [4.78, 5) is 1.78. The number of piperazine rings is 1. The molecule has 110 valence electrons. The van der Waals surface area contributed by atoms with Gasteiger partial charge < -0.3 is 10.2 Å². The van der Waals surface area contributed by atoms with Crippen molar-refractivity contribution in [3.05, 3.63) is 29.6 Å². The Balaban J connectivity index is 1.87. The van der Waals surface area contributed by atoms with E-state index in [1.807, 2.05) is 0 Å². The number of hydrogen-bond donors (Lipinski definition) is 1. The van der Waals surface area contributed by atoms with Crippen LogP contribution in [0.3, 0.4) is 0 Å². The molecule has 3 rings (SSSR count). The third kappa shape index (κ3) is 2.51. The molecule has 2 aliphatic rings. The zero-order chi connectivity index (χ0) is 14.2. The molecule has 1 saturated carbocycles. The van der Waals surface area contributed by atoms with Crippen molar-refractivity contribution in [2.45, 2.75) is 37.6 Å². The van der Waals surface area contributed by atoms with E-state index in [-0.39, 0.29) is 11.2 Å². The molecule has 0 bridgehead atoms. The van der Waals surface area contributed by atoms with Crippen molar-refractivity contribution in [3.63, 3.8) is 0 Å². The van der Waals surface area contributed by atoms with Crippen molar-refractivity contribution in [2.24, 2.45) is 0 Å². The summed E-state index contributed by atoms with van der Waals surface area (Å²) in [7, 11) is 0. The second-order valence-corrected chi connectivity index (χ2v) is 5.91. The smallest absolute Gasteiger partial charge is 0.182 e. The molecule has 1 aromatic rings. The fourth-order valence-electron chi connectivity index (χ4n) is 3.50. The molecule has 0 radical (unpaired) electrons. The predicted molar refractivity (Wildman–Crippen MR) is 72.3 cm³/mol. The number of halogens is 3. The van der Waals surface area contributed by atoms with Gasteiger partial charge in [0.2, 0.25) is 0 Å². The Hall–Kier alpha value is -1.23. The van der Waals surface area contributed by atoms with Crippen LogP contribution in [0.5, 0.6) is 0 Å². The molecule has 1 aliphatic carbocycles. The van der Waals surface area contributed by atoms with Crippen molar-refractivity contribution >= 4 is 5.69 Å². The summed E-state index contributed by atoms with van der Waals surface area (Å²) in [6, 6.07) is 1.69. The highest BCUT2D eigenvalue weighted by molar-refractivity contribution is 5.49. The molecule has 0 unspecified atom stereocenters. The average molecular weight is 284 g/mol. The third-order valence-electron chi connectivity index (χ3n) is 4.50. The molecule has 0 amide bonds. The van der Waals surface area contributed by atoms with Crippen LogP contribution in [-0.2, 0) is 0 Å². The van der Waals surface area contributed by atoms with Crippen LogP contribution in [0.1, 0.15) is 32.1 Å². The van der Waals surface area contributed by atoms with Crippen molar-refractivity contribution < 1.29 is 13.2 Å². The van der Waals surface area contributed by atoms with Gasteiger partial charge in [-0.1, -0.05) is 19.3 Å². The van der Waals surface area contributed by atoms with Crippen molar-refractivity contribution in [2.75, 3.05) is 24.5 Å². The van der Waals surface area contributed by atoms with Gasteiger partial charge in [0.05, 0.1) is 5.69 Å². The molecule has 2 nitrogen and oxygen atoms in total. The summed E-state index contributed by atoms with van der Waals surface area (Å²) >= 11 is 0. The quantitative estimate of drug-likeness (QED) is 0.797. The zero-order valence-electron chi connectivity index (χ0n) is 11.4. The van der Waals surface area contributed by atoms with Crippen LogP contribution in [-0.4, -0.2) is 25.2 Å². The highest BCUT2D eigenvalue weighted by Gasteiger charge is 2.37. The third-order valence-corrected chi connectivity index (χ3v) is 4.50. The van der Waals surface area contributed by atoms with Gasteiger partial charge in [-0.15, -0.1) is 0 Å². The fourth-order valence-corrected chi connectivity index (χ4v) is 3.50. The van der Waals surface area contributed by atoms with Crippen molar-refractivity contribution in [1.29, 1.82) is 0 Å². The van der Waals surface area contributed by atoms with Crippen molar-refractivity contribution in [3.8, 4) is 0 Å². The molecular weight excluding hydrogens is 265 g/mol. The average Bonchev–Trinajstić information content (AvgIpc) is 2.44. The fraction of sp³-hybridized carbons (Fsp3) is 0.600. The highest BCUT2D eigenvalue weighted by Crippen LogP contribution is 2.33. The van der Waals surface area contributed by atoms with Gasteiger partial charge in [0, 0.05) is 37.3 Å². The minimum Gasteiger partial charge on any atom is -0.366 e. The van der Waals surface area contributed by atoms with Gasteiger partial charge in [0.1, 0.15) is 5.82 Å². The molecule has 1 aliphatic heterocycles. The standard InChI is InChI=1S/C15H19F3N2/c16-11-8-12(17)14(18)13(9-11)20-7-6-19-15(10-20)4-2-1-3-5-15/h8-9,19H,1-7,10H2. The lowest BCUT2D eigenvalue weighted by Gasteiger charge is -2.47. The molecule has 0 atom stereocenters. The van der Waals surface area contributed by atoms with E-state index in [0.717, 1.165) is 38.3 Å². The lowest BCUT2D eigenvalue weighted by Crippen LogP contribution is -2.61. The van der Waals surface area contributed by atoms with Gasteiger partial charge in [-0.2, -0.15) is 0 Å². The molecular formula is C15H19F3N2. The second kappa shape index (κ2) is 5.28. The van der Waals surface area contributed by atoms with Gasteiger partial charge in [-0.25, -0.2) is 13.2 Å². The van der Waals surface area contributed by atoms with E-state index in [1.54, 1.807) is 4.90 Å². The number of nitrogens with one attached hydrogen (secondary N) is 1. The molecule has 1 aromatic carbocycles. The van der Waals surface area contributed by atoms with Crippen LogP contribution in [0.2, 0.25) is 0 Å². The van der Waals surface area contributed by atoms with E-state index in [2.05, 4.69) is 5.32 Å². The maximum atomic E-state index is 13.9. The number of anilines is 1. The second-order valence-electron chi connectivity index (χ2n) is 5.91. The lowest BCUT2D eigenvalue weighted by atomic mass is 9.80. The molecule has 2 fully saturated rings. The van der Waals surface area contributed by atoms with E-state index in [0.29, 0.717) is 19.2 Å². The van der Waals surface area contributed by atoms with E-state index in [1.165, 1.54) is 6.42 Å². The molecule has 1 saturated heterocycles. The zero-order valence-corrected chi connectivity index (χ0v) is 11.4. The first-order valence-corrected chi connectivity index (χ1v) is 7.24. The summed E-state index contributed by atoms with van der Waals surface area (Å²) in [5.41, 5.74) is 0.0279. The monoisotopic (exact) mass is 284 g/mol. The van der Waals surface area contributed by atoms with Gasteiger partial charge in [0.25, 0.3) is 0 Å². The molecule has 0 aromatic heterocycles. The summed E-state index contributed by atoms with van der Waals surface area (Å²) in [6.07, 6.45) is 5.62. The minimum absolute atomic E-state index is 0.0221. The number of hydrogen-bond acceptors (Lipinski definition) is 2. The number of benzene rings is 1. The number of nitrogens with zero attached hydrogens (tertiary/aromatic N) is 1. The van der Waals surface area contributed by atoms with E-state index in [4.69, 9.17) is 0 Å². The molecule has 5 heteroatoms. The van der Waals surface area contributed by atoms with Crippen LogP contribution in [0.4, 0.5) is 18.9 Å². The van der Waals surface area contributed by atoms with Gasteiger partial charge >= 0.3 is 0 Å². The molecule has 1 spiro atoms. The summed E-state index contributed by atoms with van der Waals surface area (Å²) < 4.78 is 40.6. The number of rotatable bonds is 1. The Morgan fingerprint density at radius 2 is 1.80 bits per heavy atom. The van der Waals surface area contributed by atoms with Crippen LogP contribution < -0.4 is 10.2 Å². The summed E-state index contributed by atoms with van der Waals surface area (Å²) in [5, 5.41) is 3.53. The van der Waals surface area contributed by atoms with Crippen LogP contribution >= 0.6 is 0 Å². The lowest BCUT2D eigenvalue weighted by molar-refractivity contribution is 0.215. The van der Waals surface area contributed by atoms with Crippen LogP contribution in [0.25, 0.3) is 0 Å². The summed E-state index contributed by atoms with van der Waals surface area (Å²) in [5.74, 6) is -2.79. The van der Waals surface area contributed by atoms with E-state index < -0.39 is 17.5 Å². The maximum absolute atomic E-state index is 13.9. The highest BCUT2D eigenvalue weighted by atomic mass is 19.2. The van der Waals surface area contributed by atoms with Crippen LogP contribution in [0.15, 0.2) is 12.1 Å². The van der Waals surface area contributed by atoms with Crippen LogP contribution in [0, 0.1) is 17.5 Å².